The number of H-pyrrole nitrogens is 1. The third-order valence-corrected chi connectivity index (χ3v) is 7.42. The summed E-state index contributed by atoms with van der Waals surface area (Å²) in [6.07, 6.45) is 2.78. The summed E-state index contributed by atoms with van der Waals surface area (Å²) in [4.78, 5) is 19.1. The van der Waals surface area contributed by atoms with Gasteiger partial charge in [-0.1, -0.05) is 23.7 Å². The van der Waals surface area contributed by atoms with Gasteiger partial charge in [-0.3, -0.25) is 9.69 Å². The van der Waals surface area contributed by atoms with Gasteiger partial charge in [0.05, 0.1) is 0 Å². The zero-order valence-corrected chi connectivity index (χ0v) is 20.4. The van der Waals surface area contributed by atoms with Crippen LogP contribution >= 0.6 is 11.6 Å². The summed E-state index contributed by atoms with van der Waals surface area (Å²) in [6.45, 7) is 5.42. The van der Waals surface area contributed by atoms with Crippen LogP contribution in [-0.2, 0) is 11.2 Å². The maximum absolute atomic E-state index is 11.5. The van der Waals surface area contributed by atoms with Crippen LogP contribution in [0, 0.1) is 0 Å². The number of ether oxygens (including phenoxy) is 1. The van der Waals surface area contributed by atoms with Crippen LogP contribution in [0.1, 0.15) is 42.5 Å². The molecule has 5 rings (SSSR count). The lowest BCUT2D eigenvalue weighted by Gasteiger charge is -2.35. The number of fused-ring (bicyclic) bond motifs is 3. The van der Waals surface area contributed by atoms with Crippen molar-refractivity contribution < 1.29 is 14.6 Å². The van der Waals surface area contributed by atoms with Crippen LogP contribution in [0.5, 0.6) is 5.75 Å². The first-order valence-electron chi connectivity index (χ1n) is 12.2. The van der Waals surface area contributed by atoms with Crippen molar-refractivity contribution in [3.63, 3.8) is 0 Å². The fourth-order valence-electron chi connectivity index (χ4n) is 5.35. The maximum atomic E-state index is 11.5. The molecule has 2 atom stereocenters. The minimum atomic E-state index is -0.567. The second kappa shape index (κ2) is 9.98. The van der Waals surface area contributed by atoms with Crippen molar-refractivity contribution in [2.24, 2.45) is 0 Å². The zero-order valence-electron chi connectivity index (χ0n) is 19.6. The van der Waals surface area contributed by atoms with Gasteiger partial charge in [-0.15, -0.1) is 0 Å². The van der Waals surface area contributed by atoms with E-state index in [0.29, 0.717) is 12.5 Å². The zero-order chi connectivity index (χ0) is 23.7. The number of aromatic amines is 1. The number of aromatic nitrogens is 1. The molecule has 1 aromatic heterocycles. The molecule has 0 spiro atoms. The monoisotopic (exact) mass is 481 g/mol. The SMILES string of the molecule is CC(=O)N1CCN(CC(O)COc2ccc(C3CCCc4c3[nH]c3ccc(Cl)cc43)cc2)CC1. The van der Waals surface area contributed by atoms with Gasteiger partial charge < -0.3 is 19.7 Å². The van der Waals surface area contributed by atoms with E-state index in [1.54, 1.807) is 6.92 Å². The molecule has 2 aliphatic rings. The molecule has 7 heteroatoms. The molecule has 0 bridgehead atoms. The Morgan fingerprint density at radius 2 is 1.94 bits per heavy atom. The highest BCUT2D eigenvalue weighted by molar-refractivity contribution is 6.31. The Balaban J connectivity index is 1.18. The number of piperazine rings is 1. The number of amides is 1. The number of nitrogens with zero attached hydrogens (tertiary/aromatic N) is 2. The highest BCUT2D eigenvalue weighted by Crippen LogP contribution is 2.40. The highest BCUT2D eigenvalue weighted by atomic mass is 35.5. The van der Waals surface area contributed by atoms with Crippen molar-refractivity contribution in [2.75, 3.05) is 39.3 Å². The lowest BCUT2D eigenvalue weighted by Crippen LogP contribution is -2.50. The van der Waals surface area contributed by atoms with E-state index in [9.17, 15) is 9.90 Å². The molecule has 1 aliphatic carbocycles. The van der Waals surface area contributed by atoms with Gasteiger partial charge in [0, 0.05) is 67.2 Å². The third kappa shape index (κ3) is 4.95. The lowest BCUT2D eigenvalue weighted by molar-refractivity contribution is -0.130. The van der Waals surface area contributed by atoms with E-state index in [1.807, 2.05) is 23.1 Å². The minimum absolute atomic E-state index is 0.116. The van der Waals surface area contributed by atoms with Crippen molar-refractivity contribution in [1.29, 1.82) is 0 Å². The molecule has 180 valence electrons. The topological polar surface area (TPSA) is 68.8 Å². The summed E-state index contributed by atoms with van der Waals surface area (Å²) in [5.41, 5.74) is 5.12. The molecule has 34 heavy (non-hydrogen) atoms. The summed E-state index contributed by atoms with van der Waals surface area (Å²) in [5.74, 6) is 1.22. The van der Waals surface area contributed by atoms with E-state index >= 15 is 0 Å². The van der Waals surface area contributed by atoms with Crippen LogP contribution in [0.25, 0.3) is 10.9 Å². The van der Waals surface area contributed by atoms with Gasteiger partial charge in [0.15, 0.2) is 0 Å². The number of aryl methyl sites for hydroxylation is 1. The minimum Gasteiger partial charge on any atom is -0.491 e. The number of nitrogens with one attached hydrogen (secondary N) is 1. The van der Waals surface area contributed by atoms with Gasteiger partial charge in [-0.2, -0.15) is 0 Å². The Labute approximate surface area is 205 Å². The number of benzene rings is 2. The smallest absolute Gasteiger partial charge is 0.219 e. The highest BCUT2D eigenvalue weighted by Gasteiger charge is 2.26. The average Bonchev–Trinajstić information content (AvgIpc) is 3.21. The number of carbonyl (C=O) groups excluding carboxylic acids is 1. The molecule has 2 N–H and O–H groups in total. The number of aliphatic hydroxyl groups is 1. The van der Waals surface area contributed by atoms with Crippen molar-refractivity contribution in [2.45, 2.75) is 38.2 Å². The Morgan fingerprint density at radius 1 is 1.18 bits per heavy atom. The van der Waals surface area contributed by atoms with Crippen LogP contribution in [0.2, 0.25) is 5.02 Å². The van der Waals surface area contributed by atoms with Gasteiger partial charge in [0.1, 0.15) is 18.5 Å². The number of halogens is 1. The first-order chi connectivity index (χ1) is 16.5. The maximum Gasteiger partial charge on any atom is 0.219 e. The Bertz CT molecular complexity index is 1150. The van der Waals surface area contributed by atoms with Gasteiger partial charge in [-0.05, 0) is 60.7 Å². The van der Waals surface area contributed by atoms with Crippen molar-refractivity contribution >= 4 is 28.4 Å². The first kappa shape index (κ1) is 23.2. The number of rotatable bonds is 6. The van der Waals surface area contributed by atoms with E-state index in [2.05, 4.69) is 34.1 Å². The molecule has 0 radical (unpaired) electrons. The molecule has 2 aromatic carbocycles. The van der Waals surface area contributed by atoms with Gasteiger partial charge >= 0.3 is 0 Å². The van der Waals surface area contributed by atoms with Gasteiger partial charge in [-0.25, -0.2) is 0 Å². The molecule has 1 aliphatic heterocycles. The molecule has 1 fully saturated rings. The van der Waals surface area contributed by atoms with Crippen LogP contribution in [-0.4, -0.2) is 71.2 Å². The molecular formula is C27H32ClN3O3. The number of aliphatic hydroxyl groups excluding tert-OH is 1. The van der Waals surface area contributed by atoms with Crippen LogP contribution < -0.4 is 4.74 Å². The third-order valence-electron chi connectivity index (χ3n) is 7.18. The number of carbonyl (C=O) groups is 1. The summed E-state index contributed by atoms with van der Waals surface area (Å²) in [7, 11) is 0. The fraction of sp³-hybridized carbons (Fsp3) is 0.444. The van der Waals surface area contributed by atoms with Crippen LogP contribution in [0.4, 0.5) is 0 Å². The molecule has 3 aromatic rings. The molecular weight excluding hydrogens is 450 g/mol. The average molecular weight is 482 g/mol. The standard InChI is InChI=1S/C27H32ClN3O3/c1-18(32)31-13-11-30(12-14-31)16-21(33)17-34-22-8-5-19(6-9-22)23-3-2-4-24-25-15-20(28)7-10-26(25)29-27(23)24/h5-10,15,21,23,29,33H,2-4,11-14,16-17H2,1H3. The van der Waals surface area contributed by atoms with Crippen molar-refractivity contribution in [3.8, 4) is 5.75 Å². The van der Waals surface area contributed by atoms with Crippen molar-refractivity contribution in [1.82, 2.24) is 14.8 Å². The van der Waals surface area contributed by atoms with E-state index in [1.165, 1.54) is 22.2 Å². The second-order valence-corrected chi connectivity index (χ2v) is 9.93. The van der Waals surface area contributed by atoms with Crippen LogP contribution in [0.3, 0.4) is 0 Å². The predicted octanol–water partition coefficient (Wildman–Crippen LogP) is 4.19. The molecule has 1 saturated heterocycles. The Morgan fingerprint density at radius 3 is 2.68 bits per heavy atom. The molecule has 1 amide bonds. The lowest BCUT2D eigenvalue weighted by atomic mass is 9.82. The van der Waals surface area contributed by atoms with Crippen LogP contribution in [0.15, 0.2) is 42.5 Å². The number of β-amino-alcohol motifs (C(OH)–C–C–N with tert-alkyl or cyclic N) is 1. The number of hydrogen-bond donors (Lipinski definition) is 2. The number of hydrogen-bond acceptors (Lipinski definition) is 4. The van der Waals surface area contributed by atoms with Gasteiger partial charge in [0.2, 0.25) is 5.91 Å². The van der Waals surface area contributed by atoms with Crippen molar-refractivity contribution in [3.05, 3.63) is 64.3 Å². The molecule has 6 nitrogen and oxygen atoms in total. The van der Waals surface area contributed by atoms with E-state index < -0.39 is 6.10 Å². The summed E-state index contributed by atoms with van der Waals surface area (Å²) >= 11 is 6.25. The predicted molar refractivity (Wildman–Crippen MR) is 135 cm³/mol. The molecule has 2 heterocycles. The second-order valence-electron chi connectivity index (χ2n) is 9.49. The quantitative estimate of drug-likeness (QED) is 0.554. The summed E-state index contributed by atoms with van der Waals surface area (Å²) < 4.78 is 5.88. The largest absolute Gasteiger partial charge is 0.491 e. The molecule has 0 saturated carbocycles. The normalized spacial score (nSPS) is 19.7. The Hall–Kier alpha value is -2.54. The summed E-state index contributed by atoms with van der Waals surface area (Å²) in [5, 5.41) is 12.4. The van der Waals surface area contributed by atoms with E-state index in [-0.39, 0.29) is 12.5 Å². The van der Waals surface area contributed by atoms with E-state index in [4.69, 9.17) is 16.3 Å². The van der Waals surface area contributed by atoms with E-state index in [0.717, 1.165) is 61.7 Å². The fourth-order valence-corrected chi connectivity index (χ4v) is 5.53. The molecule has 2 unspecified atom stereocenters. The summed E-state index contributed by atoms with van der Waals surface area (Å²) in [6, 6.07) is 14.4. The Kier molecular flexibility index (Phi) is 6.82. The first-order valence-corrected chi connectivity index (χ1v) is 12.5. The van der Waals surface area contributed by atoms with Gasteiger partial charge in [0.25, 0.3) is 0 Å².